The summed E-state index contributed by atoms with van der Waals surface area (Å²) in [5, 5.41) is 22.3. The first kappa shape index (κ1) is 77.6. The minimum atomic E-state index is -1.31. The van der Waals surface area contributed by atoms with Crippen LogP contribution in [0.5, 0.6) is 5.75 Å². The lowest BCUT2D eigenvalue weighted by Crippen LogP contribution is -2.56. The second-order valence-electron chi connectivity index (χ2n) is 22.5. The van der Waals surface area contributed by atoms with E-state index in [2.05, 4.69) is 69.2 Å². The molecule has 6 N–H and O–H groups in total. The number of benzene rings is 2. The summed E-state index contributed by atoms with van der Waals surface area (Å²) in [6, 6.07) is 12.2. The standard InChI is InChI=1S/C57H86F3N9O12.C7H12O.C2H6/c1-41-12-13-49(34-42(2)69-43(3)64-65-56(69)45-10-7-11-45)68(41)17-14-52(44-8-5-4-6-9-44)63-57(72)46-37-66(38-46)53(70)15-19-73-22-25-76-30-31-79-32-33-80-40-48(61)39-67(62)18-21-75-24-27-78-29-28-77-26-23-74-20-16-54(71)81-55-50(59)35-47(58)36-51(55)60;1-3-4-5-7(2)6-8;1-2/h4-6,8-9,35-36,39,41-42,45-46,49,52H,7,10-34,37-38,40,61-62H2,1-3H3,(H,63,72);3-5,7-8H,1,6H2,2H3;1-2H3/b48-39-;5-4-;. The summed E-state index contributed by atoms with van der Waals surface area (Å²) < 4.78 is 91.1. The van der Waals surface area contributed by atoms with Gasteiger partial charge in [-0.15, -0.1) is 10.2 Å². The lowest BCUT2D eigenvalue weighted by molar-refractivity contribution is -0.144. The van der Waals surface area contributed by atoms with Gasteiger partial charge in [0, 0.05) is 68.6 Å². The van der Waals surface area contributed by atoms with Gasteiger partial charge in [-0.05, 0) is 70.8 Å². The topological polar surface area (TPSA) is 259 Å². The minimum Gasteiger partial charge on any atom is -0.420 e. The number of hydrogen-bond donors (Lipinski definition) is 4. The Morgan fingerprint density at radius 2 is 1.35 bits per heavy atom. The summed E-state index contributed by atoms with van der Waals surface area (Å²) in [6.45, 7) is 23.0. The number of hydrogen-bond acceptors (Lipinski definition) is 19. The van der Waals surface area contributed by atoms with Crippen LogP contribution in [0.3, 0.4) is 0 Å². The van der Waals surface area contributed by atoms with Crippen molar-refractivity contribution < 1.29 is 75.3 Å². The Morgan fingerprint density at radius 1 is 0.791 bits per heavy atom. The van der Waals surface area contributed by atoms with Crippen LogP contribution in [-0.4, -0.2) is 203 Å². The molecule has 6 rings (SSSR count). The third kappa shape index (κ3) is 29.8. The summed E-state index contributed by atoms with van der Waals surface area (Å²) in [5.41, 5.74) is 7.55. The quantitative estimate of drug-likeness (QED) is 0.0106. The van der Waals surface area contributed by atoms with Gasteiger partial charge in [-0.2, -0.15) is 0 Å². The zero-order valence-corrected chi connectivity index (χ0v) is 54.6. The van der Waals surface area contributed by atoms with E-state index >= 15 is 0 Å². The molecule has 0 radical (unpaired) electrons. The molecule has 3 heterocycles. The Hall–Kier alpha value is -5.84. The molecule has 3 aliphatic rings. The van der Waals surface area contributed by atoms with Crippen LogP contribution in [0.2, 0.25) is 0 Å². The van der Waals surface area contributed by atoms with Crippen molar-refractivity contribution in [1.82, 2.24) is 34.9 Å². The van der Waals surface area contributed by atoms with Crippen molar-refractivity contribution in [3.05, 3.63) is 114 Å². The van der Waals surface area contributed by atoms with Crippen molar-refractivity contribution >= 4 is 17.8 Å². The molecule has 25 heteroatoms. The van der Waals surface area contributed by atoms with E-state index in [-0.39, 0.29) is 82.2 Å². The maximum Gasteiger partial charge on any atom is 0.313 e. The maximum atomic E-state index is 13.6. The molecular weight excluding hydrogens is 1180 g/mol. The number of halogens is 3. The van der Waals surface area contributed by atoms with Crippen LogP contribution in [0.4, 0.5) is 13.2 Å². The van der Waals surface area contributed by atoms with E-state index in [4.69, 9.17) is 54.6 Å². The highest BCUT2D eigenvalue weighted by molar-refractivity contribution is 5.84. The summed E-state index contributed by atoms with van der Waals surface area (Å²) in [6.07, 6.45) is 14.8. The van der Waals surface area contributed by atoms with Crippen molar-refractivity contribution in [2.45, 2.75) is 129 Å². The minimum absolute atomic E-state index is 0.0131. The molecule has 5 unspecified atom stereocenters. The number of allylic oxidation sites excluding steroid dienone is 2. The van der Waals surface area contributed by atoms with E-state index in [0.717, 1.165) is 49.4 Å². The zero-order chi connectivity index (χ0) is 66.2. The Labute approximate surface area is 537 Å². The number of amides is 2. The number of carbonyl (C=O) groups excluding carboxylic acids is 3. The largest absolute Gasteiger partial charge is 0.420 e. The molecule has 2 aromatic carbocycles. The molecule has 1 aliphatic carbocycles. The van der Waals surface area contributed by atoms with E-state index in [1.54, 1.807) is 17.2 Å². The van der Waals surface area contributed by atoms with Crippen molar-refractivity contribution in [2.24, 2.45) is 23.4 Å². The fraction of sp³-hybridized carbons (Fsp3) is 0.652. The Bertz CT molecular complexity index is 2560. The maximum absolute atomic E-state index is 13.6. The number of likely N-dealkylation sites (tertiary alicyclic amines) is 2. The van der Waals surface area contributed by atoms with Crippen molar-refractivity contribution in [1.29, 1.82) is 0 Å². The number of hydrazine groups is 1. The van der Waals surface area contributed by atoms with Gasteiger partial charge in [0.2, 0.25) is 17.6 Å². The van der Waals surface area contributed by atoms with Gasteiger partial charge in [-0.25, -0.2) is 19.0 Å². The van der Waals surface area contributed by atoms with Gasteiger partial charge in [0.05, 0.1) is 143 Å². The molecule has 5 atom stereocenters. The number of rotatable bonds is 44. The molecule has 91 heavy (non-hydrogen) atoms. The van der Waals surface area contributed by atoms with Gasteiger partial charge >= 0.3 is 5.97 Å². The van der Waals surface area contributed by atoms with Crippen LogP contribution < -0.4 is 21.6 Å². The number of carbonyl (C=O) groups is 3. The summed E-state index contributed by atoms with van der Waals surface area (Å²) >= 11 is 0. The first-order chi connectivity index (χ1) is 44.1. The number of esters is 1. The molecule has 1 aromatic heterocycles. The highest BCUT2D eigenvalue weighted by Gasteiger charge is 2.38. The summed E-state index contributed by atoms with van der Waals surface area (Å²) in [5.74, 6) is 3.01. The van der Waals surface area contributed by atoms with Gasteiger partial charge in [-0.1, -0.05) is 82.3 Å². The highest BCUT2D eigenvalue weighted by atomic mass is 19.1. The number of ether oxygens (including phenoxy) is 9. The smallest absolute Gasteiger partial charge is 0.313 e. The predicted molar refractivity (Wildman–Crippen MR) is 340 cm³/mol. The number of nitrogens with zero attached hydrogens (tertiary/aromatic N) is 6. The van der Waals surface area contributed by atoms with Crippen LogP contribution in [0.25, 0.3) is 0 Å². The van der Waals surface area contributed by atoms with Crippen molar-refractivity contribution in [2.75, 3.05) is 138 Å². The van der Waals surface area contributed by atoms with Crippen LogP contribution >= 0.6 is 0 Å². The van der Waals surface area contributed by atoms with E-state index < -0.39 is 29.2 Å². The van der Waals surface area contributed by atoms with E-state index in [9.17, 15) is 27.6 Å². The number of nitrogens with two attached hydrogens (primary N) is 2. The summed E-state index contributed by atoms with van der Waals surface area (Å²) in [7, 11) is 0. The first-order valence-corrected chi connectivity index (χ1v) is 32.2. The third-order valence-electron chi connectivity index (χ3n) is 15.4. The number of nitrogens with one attached hydrogen (secondary N) is 1. The lowest BCUT2D eigenvalue weighted by atomic mass is 9.84. The molecule has 2 saturated heterocycles. The zero-order valence-electron chi connectivity index (χ0n) is 54.6. The van der Waals surface area contributed by atoms with Crippen LogP contribution in [0.15, 0.2) is 79.2 Å². The van der Waals surface area contributed by atoms with E-state index in [0.29, 0.717) is 134 Å². The molecular formula is C66H104F3N9O13. The molecule has 2 aliphatic heterocycles. The van der Waals surface area contributed by atoms with Gasteiger partial charge in [0.1, 0.15) is 17.5 Å². The Kier molecular flexibility index (Phi) is 38.8. The molecule has 0 bridgehead atoms. The molecule has 3 fully saturated rings. The van der Waals surface area contributed by atoms with Gasteiger partial charge in [-0.3, -0.25) is 19.3 Å². The van der Waals surface area contributed by atoms with Crippen LogP contribution in [0.1, 0.15) is 128 Å². The molecule has 22 nitrogen and oxygen atoms in total. The number of aryl methyl sites for hydroxylation is 1. The molecule has 3 aromatic rings. The number of aliphatic hydroxyl groups is 1. The van der Waals surface area contributed by atoms with Gasteiger partial charge in [0.25, 0.3) is 0 Å². The molecule has 1 saturated carbocycles. The third-order valence-corrected chi connectivity index (χ3v) is 15.4. The van der Waals surface area contributed by atoms with Crippen molar-refractivity contribution in [3.63, 3.8) is 0 Å². The fourth-order valence-corrected chi connectivity index (χ4v) is 10.3. The first-order valence-electron chi connectivity index (χ1n) is 32.2. The second kappa shape index (κ2) is 45.5. The second-order valence-corrected chi connectivity index (χ2v) is 22.5. The summed E-state index contributed by atoms with van der Waals surface area (Å²) in [4.78, 5) is 42.7. The molecule has 0 spiro atoms. The number of aromatic nitrogens is 3. The van der Waals surface area contributed by atoms with Crippen LogP contribution in [-0.2, 0) is 52.3 Å². The van der Waals surface area contributed by atoms with E-state index in [1.165, 1.54) is 24.3 Å². The lowest BCUT2D eigenvalue weighted by Gasteiger charge is -2.39. The van der Waals surface area contributed by atoms with Gasteiger partial charge < -0.3 is 73.3 Å². The average molecular weight is 1290 g/mol. The number of aliphatic hydroxyl groups excluding tert-OH is 1. The normalized spacial score (nSPS) is 17.1. The van der Waals surface area contributed by atoms with E-state index in [1.807, 2.05) is 51.1 Å². The fourth-order valence-electron chi connectivity index (χ4n) is 10.3. The highest BCUT2D eigenvalue weighted by Crippen LogP contribution is 2.38. The SMILES string of the molecule is C=C/C=C\C(C)CO.CC.Cc1nnc(C2CCC2)n1C(C)CC1CCC(C)N1CCC(NC(=O)C1CN(C(=O)CCOCCOCCOCCOC/C(N)=C/N(N)CCOCCOCCOCCOCCC(=O)Oc2c(F)cc(F)cc2F)C1)c1ccccc1. The predicted octanol–water partition coefficient (Wildman–Crippen LogP) is 7.66. The van der Waals surface area contributed by atoms with Crippen LogP contribution in [0, 0.1) is 36.2 Å². The Morgan fingerprint density at radius 3 is 1.91 bits per heavy atom. The average Bonchev–Trinajstić information content (AvgIpc) is 1.80. The van der Waals surface area contributed by atoms with Crippen molar-refractivity contribution in [3.8, 4) is 5.75 Å². The Balaban J connectivity index is 0.00000163. The molecule has 2 amide bonds. The molecule has 512 valence electrons. The monoisotopic (exact) mass is 1290 g/mol. The van der Waals surface area contributed by atoms with Gasteiger partial charge in [0.15, 0.2) is 11.6 Å².